The van der Waals surface area contributed by atoms with Crippen LogP contribution in [0.1, 0.15) is 24.8 Å². The van der Waals surface area contributed by atoms with E-state index >= 15 is 0 Å². The number of rotatable bonds is 10. The average molecular weight is 478 g/mol. The Kier molecular flexibility index (Phi) is 8.37. The number of benzene rings is 2. The molecule has 0 spiro atoms. The predicted molar refractivity (Wildman–Crippen MR) is 121 cm³/mol. The number of ether oxygens (including phenoxy) is 2. The van der Waals surface area contributed by atoms with E-state index in [4.69, 9.17) is 9.47 Å². The Morgan fingerprint density at radius 1 is 1.21 bits per heavy atom. The molecular weight excluding hydrogens is 450 g/mol. The lowest BCUT2D eigenvalue weighted by molar-refractivity contribution is -0.386. The van der Waals surface area contributed by atoms with E-state index in [1.807, 2.05) is 37.3 Å². The van der Waals surface area contributed by atoms with Gasteiger partial charge in [-0.15, -0.1) is 0 Å². The highest BCUT2D eigenvalue weighted by molar-refractivity contribution is 7.89. The molecule has 1 N–H and O–H groups in total. The first-order valence-corrected chi connectivity index (χ1v) is 12.1. The first-order chi connectivity index (χ1) is 15.8. The molecule has 1 saturated heterocycles. The minimum Gasteiger partial charge on any atom is -0.477 e. The number of hydrogen-bond acceptors (Lipinski definition) is 7. The molecule has 10 nitrogen and oxygen atoms in total. The van der Waals surface area contributed by atoms with Crippen LogP contribution in [0, 0.1) is 10.1 Å². The normalized spacial score (nSPS) is 15.5. The highest BCUT2D eigenvalue weighted by atomic mass is 32.2. The van der Waals surface area contributed by atoms with Gasteiger partial charge in [-0.3, -0.25) is 14.9 Å². The van der Waals surface area contributed by atoms with Crippen molar-refractivity contribution in [2.45, 2.75) is 24.2 Å². The summed E-state index contributed by atoms with van der Waals surface area (Å²) < 4.78 is 37.3. The summed E-state index contributed by atoms with van der Waals surface area (Å²) in [7, 11) is -3.90. The zero-order valence-electron chi connectivity index (χ0n) is 18.3. The topological polar surface area (TPSA) is 128 Å². The molecule has 1 aliphatic heterocycles. The highest BCUT2D eigenvalue weighted by Crippen LogP contribution is 2.31. The molecule has 1 amide bonds. The van der Waals surface area contributed by atoms with Crippen LogP contribution in [0.25, 0.3) is 0 Å². The summed E-state index contributed by atoms with van der Waals surface area (Å²) in [4.78, 5) is 22.9. The minimum atomic E-state index is -3.90. The summed E-state index contributed by atoms with van der Waals surface area (Å²) >= 11 is 0. The van der Waals surface area contributed by atoms with Gasteiger partial charge in [0.2, 0.25) is 10.0 Å². The summed E-state index contributed by atoms with van der Waals surface area (Å²) in [5.74, 6) is -0.468. The van der Waals surface area contributed by atoms with Crippen LogP contribution in [0.5, 0.6) is 5.75 Å². The predicted octanol–water partition coefficient (Wildman–Crippen LogP) is 2.30. The Morgan fingerprint density at radius 2 is 1.91 bits per heavy atom. The summed E-state index contributed by atoms with van der Waals surface area (Å²) in [6.07, 6.45) is 0.829. The fourth-order valence-corrected chi connectivity index (χ4v) is 4.94. The van der Waals surface area contributed by atoms with Crippen molar-refractivity contribution in [1.29, 1.82) is 0 Å². The number of carbonyl (C=O) groups is 1. The monoisotopic (exact) mass is 477 g/mol. The van der Waals surface area contributed by atoms with Crippen molar-refractivity contribution in [2.24, 2.45) is 0 Å². The van der Waals surface area contributed by atoms with Gasteiger partial charge in [-0.25, -0.2) is 8.42 Å². The van der Waals surface area contributed by atoms with Crippen molar-refractivity contribution in [3.05, 3.63) is 64.2 Å². The Labute approximate surface area is 192 Å². The van der Waals surface area contributed by atoms with Crippen LogP contribution in [0.15, 0.2) is 53.4 Å². The average Bonchev–Trinajstić information content (AvgIpc) is 2.84. The lowest BCUT2D eigenvalue weighted by atomic mass is 9.96. The van der Waals surface area contributed by atoms with E-state index in [1.165, 1.54) is 16.4 Å². The molecule has 1 unspecified atom stereocenters. The van der Waals surface area contributed by atoms with Gasteiger partial charge in [0.25, 0.3) is 5.91 Å². The molecule has 0 saturated carbocycles. The molecule has 0 radical (unpaired) electrons. The molecule has 2 aromatic carbocycles. The molecule has 1 atom stereocenters. The second-order valence-electron chi connectivity index (χ2n) is 7.51. The summed E-state index contributed by atoms with van der Waals surface area (Å²) in [5, 5.41) is 14.3. The lowest BCUT2D eigenvalue weighted by Crippen LogP contribution is -2.40. The van der Waals surface area contributed by atoms with Gasteiger partial charge in [-0.2, -0.15) is 4.31 Å². The maximum Gasteiger partial charge on any atom is 0.312 e. The smallest absolute Gasteiger partial charge is 0.312 e. The van der Waals surface area contributed by atoms with Crippen LogP contribution in [0.4, 0.5) is 5.69 Å². The summed E-state index contributed by atoms with van der Waals surface area (Å²) in [5.41, 5.74) is 0.585. The third kappa shape index (κ3) is 6.28. The molecule has 1 heterocycles. The number of nitro groups is 1. The van der Waals surface area contributed by atoms with E-state index in [0.717, 1.165) is 18.1 Å². The molecule has 178 valence electrons. The molecule has 3 rings (SSSR count). The first-order valence-electron chi connectivity index (χ1n) is 10.6. The molecule has 33 heavy (non-hydrogen) atoms. The SMILES string of the molecule is CCC(CNC(=O)COc1ccc(S(=O)(=O)N2CCOCC2)cc1[N+](=O)[O-])c1ccccc1. The van der Waals surface area contributed by atoms with E-state index in [9.17, 15) is 23.3 Å². The third-order valence-electron chi connectivity index (χ3n) is 5.40. The zero-order valence-corrected chi connectivity index (χ0v) is 19.1. The van der Waals surface area contributed by atoms with Gasteiger partial charge in [0.15, 0.2) is 12.4 Å². The Bertz CT molecular complexity index is 1070. The number of carbonyl (C=O) groups excluding carboxylic acids is 1. The van der Waals surface area contributed by atoms with Gasteiger partial charge in [0.05, 0.1) is 23.0 Å². The number of nitro benzene ring substituents is 1. The molecule has 1 aliphatic rings. The Hall–Kier alpha value is -3.02. The van der Waals surface area contributed by atoms with Crippen LogP contribution in [0.2, 0.25) is 0 Å². The first kappa shape index (κ1) is 24.6. The van der Waals surface area contributed by atoms with Crippen molar-refractivity contribution >= 4 is 21.6 Å². The minimum absolute atomic E-state index is 0.133. The number of sulfonamides is 1. The van der Waals surface area contributed by atoms with Crippen molar-refractivity contribution < 1.29 is 27.6 Å². The van der Waals surface area contributed by atoms with Crippen LogP contribution in [-0.2, 0) is 19.6 Å². The van der Waals surface area contributed by atoms with E-state index in [2.05, 4.69) is 5.32 Å². The molecule has 0 bridgehead atoms. The maximum atomic E-state index is 12.8. The van der Waals surface area contributed by atoms with Gasteiger partial charge >= 0.3 is 5.69 Å². The fraction of sp³-hybridized carbons (Fsp3) is 0.409. The van der Waals surface area contributed by atoms with Crippen molar-refractivity contribution in [2.75, 3.05) is 39.5 Å². The standard InChI is InChI=1S/C22H27N3O7S/c1-2-17(18-6-4-3-5-7-18)15-23-22(26)16-32-21-9-8-19(14-20(21)25(27)28)33(29,30)24-10-12-31-13-11-24/h3-9,14,17H,2,10-13,15-16H2,1H3,(H,23,26). The third-order valence-corrected chi connectivity index (χ3v) is 7.30. The van der Waals surface area contributed by atoms with Crippen LogP contribution in [-0.4, -0.2) is 63.0 Å². The number of hydrogen-bond donors (Lipinski definition) is 1. The van der Waals surface area contributed by atoms with Gasteiger partial charge in [-0.05, 0) is 24.1 Å². The Balaban J connectivity index is 1.64. The second-order valence-corrected chi connectivity index (χ2v) is 9.45. The van der Waals surface area contributed by atoms with Crippen molar-refractivity contribution in [1.82, 2.24) is 9.62 Å². The number of morpholine rings is 1. The maximum absolute atomic E-state index is 12.8. The van der Waals surface area contributed by atoms with Crippen LogP contribution >= 0.6 is 0 Å². The number of amides is 1. The van der Waals surface area contributed by atoms with Crippen molar-refractivity contribution in [3.63, 3.8) is 0 Å². The van der Waals surface area contributed by atoms with Crippen LogP contribution in [0.3, 0.4) is 0 Å². The summed E-state index contributed by atoms with van der Waals surface area (Å²) in [6.45, 7) is 2.88. The molecule has 11 heteroatoms. The number of nitrogens with zero attached hydrogens (tertiary/aromatic N) is 2. The lowest BCUT2D eigenvalue weighted by Gasteiger charge is -2.26. The molecule has 1 fully saturated rings. The van der Waals surface area contributed by atoms with E-state index in [-0.39, 0.29) is 42.9 Å². The van der Waals surface area contributed by atoms with Gasteiger partial charge in [-0.1, -0.05) is 37.3 Å². The number of nitrogens with one attached hydrogen (secondary N) is 1. The molecular formula is C22H27N3O7S. The second kappa shape index (κ2) is 11.2. The van der Waals surface area contributed by atoms with Crippen LogP contribution < -0.4 is 10.1 Å². The van der Waals surface area contributed by atoms with E-state index in [1.54, 1.807) is 0 Å². The van der Waals surface area contributed by atoms with E-state index < -0.39 is 33.1 Å². The zero-order chi connectivity index (χ0) is 23.8. The molecule has 2 aromatic rings. The van der Waals surface area contributed by atoms with Gasteiger partial charge < -0.3 is 14.8 Å². The molecule has 0 aromatic heterocycles. The van der Waals surface area contributed by atoms with Gasteiger partial charge in [0, 0.05) is 31.6 Å². The van der Waals surface area contributed by atoms with Gasteiger partial charge in [0.1, 0.15) is 0 Å². The summed E-state index contributed by atoms with van der Waals surface area (Å²) in [6, 6.07) is 13.2. The largest absolute Gasteiger partial charge is 0.477 e. The van der Waals surface area contributed by atoms with E-state index in [0.29, 0.717) is 6.54 Å². The molecule has 0 aliphatic carbocycles. The fourth-order valence-electron chi connectivity index (χ4n) is 3.51. The highest BCUT2D eigenvalue weighted by Gasteiger charge is 2.29. The quantitative estimate of drug-likeness (QED) is 0.411. The Morgan fingerprint density at radius 3 is 2.55 bits per heavy atom. The van der Waals surface area contributed by atoms with Crippen molar-refractivity contribution in [3.8, 4) is 5.75 Å².